The monoisotopic (exact) mass is 1040 g/mol. The SMILES string of the molecule is CCCCC/C=C\C/C=C\CCCCCCCC(=O)O[C@H](COC(=O)CCC/C=C\C/C=C\C/C=C\C/C=C\CCCCCO)COP(=O)(O)OP(=O)(O)OC[C@H]1O[C@@H](n2ccc(N)nc2=O)[C@H](O)[C@@H]1O. The maximum absolute atomic E-state index is 12.8. The number of ether oxygens (including phenoxy) is 3. The Morgan fingerprint density at radius 1 is 0.704 bits per heavy atom. The van der Waals surface area contributed by atoms with Crippen molar-refractivity contribution in [3.05, 3.63) is 95.7 Å². The van der Waals surface area contributed by atoms with Crippen LogP contribution in [0.3, 0.4) is 0 Å². The minimum absolute atomic E-state index is 0.0135. The third-order valence-corrected chi connectivity index (χ3v) is 13.4. The molecule has 0 radical (unpaired) electrons. The number of phosphoric ester groups is 2. The summed E-state index contributed by atoms with van der Waals surface area (Å²) >= 11 is 0. The number of allylic oxidation sites excluding steroid dienone is 12. The molecule has 0 saturated carbocycles. The Bertz CT molecular complexity index is 1970. The van der Waals surface area contributed by atoms with E-state index in [4.69, 9.17) is 34.1 Å². The fourth-order valence-electron chi connectivity index (χ4n) is 6.90. The third kappa shape index (κ3) is 31.4. The smallest absolute Gasteiger partial charge is 0.462 e. The van der Waals surface area contributed by atoms with E-state index in [2.05, 4.69) is 77.0 Å². The van der Waals surface area contributed by atoms with Gasteiger partial charge >= 0.3 is 33.3 Å². The molecule has 7 atom stereocenters. The van der Waals surface area contributed by atoms with Crippen molar-refractivity contribution in [1.29, 1.82) is 0 Å². The first kappa shape index (κ1) is 63.3. The van der Waals surface area contributed by atoms with E-state index in [0.717, 1.165) is 101 Å². The minimum Gasteiger partial charge on any atom is -0.462 e. The first-order valence-corrected chi connectivity index (χ1v) is 28.0. The van der Waals surface area contributed by atoms with Crippen molar-refractivity contribution in [1.82, 2.24) is 9.55 Å². The number of aliphatic hydroxyl groups is 3. The van der Waals surface area contributed by atoms with Gasteiger partial charge in [-0.3, -0.25) is 23.2 Å². The molecule has 1 aliphatic heterocycles. The van der Waals surface area contributed by atoms with Crippen molar-refractivity contribution in [2.24, 2.45) is 0 Å². The second-order valence-electron chi connectivity index (χ2n) is 17.0. The van der Waals surface area contributed by atoms with Crippen molar-refractivity contribution in [3.63, 3.8) is 0 Å². The summed E-state index contributed by atoms with van der Waals surface area (Å²) in [7, 11) is -10.9. The van der Waals surface area contributed by atoms with Gasteiger partial charge < -0.3 is 45.1 Å². The molecule has 2 heterocycles. The maximum Gasteiger partial charge on any atom is 0.481 e. The van der Waals surface area contributed by atoms with Crippen LogP contribution in [0.15, 0.2) is 90.0 Å². The van der Waals surface area contributed by atoms with E-state index >= 15 is 0 Å². The van der Waals surface area contributed by atoms with Crippen molar-refractivity contribution >= 4 is 33.4 Å². The summed E-state index contributed by atoms with van der Waals surface area (Å²) in [6.45, 7) is 0.0509. The highest BCUT2D eigenvalue weighted by Crippen LogP contribution is 2.60. The first-order valence-electron chi connectivity index (χ1n) is 25.1. The quantitative estimate of drug-likeness (QED) is 0.0154. The summed E-state index contributed by atoms with van der Waals surface area (Å²) in [6.07, 6.45) is 37.2. The highest BCUT2D eigenvalue weighted by Gasteiger charge is 2.46. The van der Waals surface area contributed by atoms with Gasteiger partial charge in [0.1, 0.15) is 30.7 Å². The number of rotatable bonds is 41. The number of aromatic nitrogens is 2. The summed E-state index contributed by atoms with van der Waals surface area (Å²) in [5.41, 5.74) is 4.58. The Labute approximate surface area is 419 Å². The Morgan fingerprint density at radius 3 is 1.79 bits per heavy atom. The summed E-state index contributed by atoms with van der Waals surface area (Å²) in [5.74, 6) is -1.40. The average Bonchev–Trinajstić information content (AvgIpc) is 3.61. The summed E-state index contributed by atoms with van der Waals surface area (Å²) in [4.78, 5) is 61.8. The second kappa shape index (κ2) is 38.7. The number of esters is 2. The fourth-order valence-corrected chi connectivity index (χ4v) is 9.01. The van der Waals surface area contributed by atoms with Crippen LogP contribution < -0.4 is 11.4 Å². The number of nitrogen functional groups attached to an aromatic ring is 1. The van der Waals surface area contributed by atoms with Crippen LogP contribution in [0.4, 0.5) is 5.82 Å². The van der Waals surface area contributed by atoms with Crippen LogP contribution in [0, 0.1) is 0 Å². The van der Waals surface area contributed by atoms with E-state index in [0.29, 0.717) is 19.3 Å². The summed E-state index contributed by atoms with van der Waals surface area (Å²) in [5, 5.41) is 29.7. The van der Waals surface area contributed by atoms with E-state index in [1.807, 2.05) is 12.2 Å². The topological polar surface area (TPSA) is 286 Å². The van der Waals surface area contributed by atoms with Crippen LogP contribution in [0.5, 0.6) is 0 Å². The van der Waals surface area contributed by atoms with Gasteiger partial charge in [-0.05, 0) is 96.0 Å². The van der Waals surface area contributed by atoms with Crippen LogP contribution in [0.2, 0.25) is 0 Å². The molecule has 0 aliphatic carbocycles. The lowest BCUT2D eigenvalue weighted by molar-refractivity contribution is -0.161. The Hall–Kier alpha value is -3.84. The molecule has 1 aliphatic rings. The highest BCUT2D eigenvalue weighted by molar-refractivity contribution is 7.61. The predicted molar refractivity (Wildman–Crippen MR) is 271 cm³/mol. The molecule has 1 aromatic rings. The molecule has 1 aromatic heterocycles. The average molecular weight is 1040 g/mol. The van der Waals surface area contributed by atoms with Crippen LogP contribution in [-0.4, -0.2) is 97.4 Å². The van der Waals surface area contributed by atoms with Crippen LogP contribution in [-0.2, 0) is 46.3 Å². The number of hydrogen-bond donors (Lipinski definition) is 6. The number of carbonyl (C=O) groups excluding carboxylic acids is 2. The zero-order chi connectivity index (χ0) is 52.0. The van der Waals surface area contributed by atoms with Gasteiger partial charge in [-0.1, -0.05) is 118 Å². The number of unbranched alkanes of at least 4 members (excludes halogenated alkanes) is 12. The Kier molecular flexibility index (Phi) is 34.5. The molecule has 2 rings (SSSR count). The number of aliphatic hydroxyl groups excluding tert-OH is 3. The molecular weight excluding hydrogens is 961 g/mol. The molecule has 0 amide bonds. The number of anilines is 1. The van der Waals surface area contributed by atoms with Crippen molar-refractivity contribution < 1.29 is 71.4 Å². The van der Waals surface area contributed by atoms with Crippen LogP contribution in [0.1, 0.15) is 154 Å². The lowest BCUT2D eigenvalue weighted by Crippen LogP contribution is -2.36. The molecule has 0 spiro atoms. The van der Waals surface area contributed by atoms with Gasteiger partial charge in [-0.2, -0.15) is 9.29 Å². The first-order chi connectivity index (χ1) is 34.2. The van der Waals surface area contributed by atoms with Crippen molar-refractivity contribution in [3.8, 4) is 0 Å². The normalized spacial score (nSPS) is 19.7. The molecule has 0 aromatic carbocycles. The third-order valence-electron chi connectivity index (χ3n) is 10.8. The molecule has 71 heavy (non-hydrogen) atoms. The summed E-state index contributed by atoms with van der Waals surface area (Å²) in [6, 6.07) is 1.24. The zero-order valence-electron chi connectivity index (χ0n) is 41.4. The van der Waals surface area contributed by atoms with Gasteiger partial charge in [0.05, 0.1) is 13.2 Å². The van der Waals surface area contributed by atoms with Gasteiger partial charge in [-0.15, -0.1) is 0 Å². The number of nitrogens with two attached hydrogens (primary N) is 1. The minimum atomic E-state index is -5.44. The second-order valence-corrected chi connectivity index (χ2v) is 20.1. The van der Waals surface area contributed by atoms with Gasteiger partial charge in [0.15, 0.2) is 12.3 Å². The fraction of sp³-hybridized carbons (Fsp3) is 0.640. The number of nitrogens with zero attached hydrogens (tertiary/aromatic N) is 2. The standard InChI is InChI=1S/C50H81N3O16P2/c1-2-3-4-5-6-7-8-9-13-17-20-23-26-29-32-35-46(56)67-42(39-64-45(55)34-31-28-25-22-19-16-14-11-10-12-15-18-21-24-27-30-33-38-54)40-65-70(60,61)69-71(62,63)66-41-43-47(57)48(58)49(68-43)53-37-36-44(51)52-50(53)59/h6-7,9-10,12-14,16,18,21-22,25,36-37,42-43,47-49,54,57-58H,2-5,8,11,15,17,19-20,23-24,26-35,38-41H2,1H3,(H,60,61)(H,62,63)(H2,51,52,59)/b7-6-,12-10-,13-9-,16-14-,21-18-,25-22-/t42-,43-,47-,48-,49-/m1/s1. The van der Waals surface area contributed by atoms with Crippen molar-refractivity contribution in [2.45, 2.75) is 179 Å². The molecular formula is C50H81N3O16P2. The molecule has 1 saturated heterocycles. The number of hydrogen-bond acceptors (Lipinski definition) is 16. The molecule has 2 unspecified atom stereocenters. The lowest BCUT2D eigenvalue weighted by Gasteiger charge is -2.21. The van der Waals surface area contributed by atoms with E-state index < -0.39 is 83.7 Å². The molecule has 7 N–H and O–H groups in total. The largest absolute Gasteiger partial charge is 0.481 e. The van der Waals surface area contributed by atoms with E-state index in [-0.39, 0.29) is 25.3 Å². The molecule has 19 nitrogen and oxygen atoms in total. The Morgan fingerprint density at radius 2 is 1.21 bits per heavy atom. The maximum atomic E-state index is 12.8. The van der Waals surface area contributed by atoms with Gasteiger partial charge in [0.2, 0.25) is 0 Å². The highest BCUT2D eigenvalue weighted by atomic mass is 31.3. The van der Waals surface area contributed by atoms with Crippen LogP contribution >= 0.6 is 15.6 Å². The Balaban J connectivity index is 1.83. The van der Waals surface area contributed by atoms with Gasteiger partial charge in [0.25, 0.3) is 0 Å². The molecule has 1 fully saturated rings. The zero-order valence-corrected chi connectivity index (χ0v) is 43.2. The van der Waals surface area contributed by atoms with Gasteiger partial charge in [0, 0.05) is 25.6 Å². The van der Waals surface area contributed by atoms with E-state index in [1.54, 1.807) is 0 Å². The van der Waals surface area contributed by atoms with E-state index in [1.165, 1.54) is 25.3 Å². The molecule has 21 heteroatoms. The predicted octanol–water partition coefficient (Wildman–Crippen LogP) is 9.08. The van der Waals surface area contributed by atoms with Crippen molar-refractivity contribution in [2.75, 3.05) is 32.2 Å². The molecule has 402 valence electrons. The molecule has 0 bridgehead atoms. The number of carbonyl (C=O) groups is 2. The lowest BCUT2D eigenvalue weighted by atomic mass is 10.1. The van der Waals surface area contributed by atoms with Gasteiger partial charge in [-0.25, -0.2) is 13.9 Å². The summed E-state index contributed by atoms with van der Waals surface area (Å²) < 4.78 is 56.7. The number of phosphoric acid groups is 2. The van der Waals surface area contributed by atoms with Crippen LogP contribution in [0.25, 0.3) is 0 Å². The van der Waals surface area contributed by atoms with E-state index in [9.17, 15) is 43.5 Å².